The first kappa shape index (κ1) is 12.5. The molecule has 88 valence electrons. The van der Waals surface area contributed by atoms with Crippen molar-refractivity contribution in [2.24, 2.45) is 11.8 Å². The average molecular weight is 212 g/mol. The molecule has 2 N–H and O–H groups in total. The van der Waals surface area contributed by atoms with Gasteiger partial charge in [0, 0.05) is 12.6 Å². The second-order valence-electron chi connectivity index (χ2n) is 4.80. The highest BCUT2D eigenvalue weighted by Crippen LogP contribution is 2.27. The smallest absolute Gasteiger partial charge is 0.233 e. The minimum absolute atomic E-state index is 0.136. The van der Waals surface area contributed by atoms with E-state index in [0.717, 1.165) is 18.9 Å². The van der Waals surface area contributed by atoms with Crippen LogP contribution in [0.2, 0.25) is 0 Å². The van der Waals surface area contributed by atoms with E-state index in [2.05, 4.69) is 31.4 Å². The predicted octanol–water partition coefficient (Wildman–Crippen LogP) is 1.54. The molecular weight excluding hydrogens is 188 g/mol. The van der Waals surface area contributed by atoms with Gasteiger partial charge in [0.05, 0.1) is 6.54 Å². The van der Waals surface area contributed by atoms with Crippen LogP contribution in [0.1, 0.15) is 40.0 Å². The molecule has 0 spiro atoms. The molecule has 1 fully saturated rings. The van der Waals surface area contributed by atoms with Crippen molar-refractivity contribution < 1.29 is 4.79 Å². The lowest BCUT2D eigenvalue weighted by molar-refractivity contribution is -0.120. The van der Waals surface area contributed by atoms with Gasteiger partial charge in [0.2, 0.25) is 5.91 Å². The van der Waals surface area contributed by atoms with Crippen molar-refractivity contribution in [1.29, 1.82) is 0 Å². The number of carbonyl (C=O) groups is 1. The van der Waals surface area contributed by atoms with Crippen LogP contribution in [0, 0.1) is 11.8 Å². The highest BCUT2D eigenvalue weighted by atomic mass is 16.1. The Kier molecular flexibility index (Phi) is 5.09. The van der Waals surface area contributed by atoms with Crippen LogP contribution < -0.4 is 10.6 Å². The van der Waals surface area contributed by atoms with Crippen LogP contribution >= 0.6 is 0 Å². The van der Waals surface area contributed by atoms with Crippen molar-refractivity contribution in [3.8, 4) is 0 Å². The number of amides is 1. The molecule has 1 rings (SSSR count). The van der Waals surface area contributed by atoms with E-state index in [0.29, 0.717) is 18.5 Å². The van der Waals surface area contributed by atoms with E-state index in [9.17, 15) is 4.79 Å². The van der Waals surface area contributed by atoms with Gasteiger partial charge in [-0.3, -0.25) is 4.79 Å². The summed E-state index contributed by atoms with van der Waals surface area (Å²) in [4.78, 5) is 11.4. The number of hydrogen-bond acceptors (Lipinski definition) is 2. The maximum Gasteiger partial charge on any atom is 0.233 e. The summed E-state index contributed by atoms with van der Waals surface area (Å²) in [6.45, 7) is 7.86. The summed E-state index contributed by atoms with van der Waals surface area (Å²) in [6, 6.07) is 0.418. The number of nitrogens with one attached hydrogen (secondary N) is 2. The van der Waals surface area contributed by atoms with Gasteiger partial charge in [-0.25, -0.2) is 0 Å². The molecule has 15 heavy (non-hydrogen) atoms. The molecule has 2 unspecified atom stereocenters. The fourth-order valence-electron chi connectivity index (χ4n) is 1.45. The Morgan fingerprint density at radius 1 is 1.40 bits per heavy atom. The minimum atomic E-state index is 0.136. The number of rotatable bonds is 7. The van der Waals surface area contributed by atoms with Gasteiger partial charge in [0.1, 0.15) is 0 Å². The highest BCUT2D eigenvalue weighted by molar-refractivity contribution is 5.78. The van der Waals surface area contributed by atoms with Crippen molar-refractivity contribution in [1.82, 2.24) is 10.6 Å². The van der Waals surface area contributed by atoms with Gasteiger partial charge in [-0.1, -0.05) is 20.3 Å². The van der Waals surface area contributed by atoms with Crippen LogP contribution in [-0.2, 0) is 4.79 Å². The van der Waals surface area contributed by atoms with Crippen LogP contribution in [-0.4, -0.2) is 25.0 Å². The van der Waals surface area contributed by atoms with E-state index < -0.39 is 0 Å². The summed E-state index contributed by atoms with van der Waals surface area (Å²) < 4.78 is 0. The van der Waals surface area contributed by atoms with E-state index in [1.54, 1.807) is 0 Å². The van der Waals surface area contributed by atoms with Crippen molar-refractivity contribution in [2.45, 2.75) is 46.1 Å². The summed E-state index contributed by atoms with van der Waals surface area (Å²) >= 11 is 0. The molecule has 0 saturated heterocycles. The monoisotopic (exact) mass is 212 g/mol. The first-order chi connectivity index (χ1) is 7.13. The van der Waals surface area contributed by atoms with E-state index in [1.807, 2.05) is 0 Å². The third-order valence-electron chi connectivity index (χ3n) is 3.37. The SMILES string of the molecule is CCC(C)C(C)NCC(=O)NCC1CC1. The van der Waals surface area contributed by atoms with E-state index >= 15 is 0 Å². The summed E-state index contributed by atoms with van der Waals surface area (Å²) in [7, 11) is 0. The Morgan fingerprint density at radius 2 is 2.07 bits per heavy atom. The molecule has 1 amide bonds. The zero-order valence-corrected chi connectivity index (χ0v) is 10.2. The summed E-state index contributed by atoms with van der Waals surface area (Å²) in [6.07, 6.45) is 3.73. The van der Waals surface area contributed by atoms with Gasteiger partial charge < -0.3 is 10.6 Å². The molecule has 1 saturated carbocycles. The van der Waals surface area contributed by atoms with Gasteiger partial charge in [-0.05, 0) is 31.6 Å². The molecule has 1 aliphatic carbocycles. The van der Waals surface area contributed by atoms with Gasteiger partial charge in [0.25, 0.3) is 0 Å². The van der Waals surface area contributed by atoms with Crippen molar-refractivity contribution in [3.05, 3.63) is 0 Å². The van der Waals surface area contributed by atoms with Crippen molar-refractivity contribution >= 4 is 5.91 Å². The molecule has 0 radical (unpaired) electrons. The molecule has 0 aromatic rings. The summed E-state index contributed by atoms with van der Waals surface area (Å²) in [5.74, 6) is 1.53. The maximum absolute atomic E-state index is 11.4. The topological polar surface area (TPSA) is 41.1 Å². The number of hydrogen-bond donors (Lipinski definition) is 2. The van der Waals surface area contributed by atoms with Crippen LogP contribution in [0.15, 0.2) is 0 Å². The van der Waals surface area contributed by atoms with Crippen LogP contribution in [0.5, 0.6) is 0 Å². The van der Waals surface area contributed by atoms with Gasteiger partial charge in [0.15, 0.2) is 0 Å². The van der Waals surface area contributed by atoms with E-state index in [1.165, 1.54) is 12.8 Å². The van der Waals surface area contributed by atoms with E-state index in [-0.39, 0.29) is 5.91 Å². The van der Waals surface area contributed by atoms with Crippen LogP contribution in [0.3, 0.4) is 0 Å². The zero-order chi connectivity index (χ0) is 11.3. The summed E-state index contributed by atoms with van der Waals surface area (Å²) in [5, 5.41) is 6.22. The van der Waals surface area contributed by atoms with Gasteiger partial charge in [-0.2, -0.15) is 0 Å². The Bertz CT molecular complexity index is 202. The highest BCUT2D eigenvalue weighted by Gasteiger charge is 2.21. The fraction of sp³-hybridized carbons (Fsp3) is 0.917. The minimum Gasteiger partial charge on any atom is -0.355 e. The fourth-order valence-corrected chi connectivity index (χ4v) is 1.45. The standard InChI is InChI=1S/C12H24N2O/c1-4-9(2)10(3)13-8-12(15)14-7-11-5-6-11/h9-11,13H,4-8H2,1-3H3,(H,14,15). The lowest BCUT2D eigenvalue weighted by Crippen LogP contribution is -2.40. The molecule has 2 atom stereocenters. The molecule has 0 bridgehead atoms. The zero-order valence-electron chi connectivity index (χ0n) is 10.2. The maximum atomic E-state index is 11.4. The lowest BCUT2D eigenvalue weighted by atomic mass is 10.0. The van der Waals surface area contributed by atoms with Crippen LogP contribution in [0.25, 0.3) is 0 Å². The Balaban J connectivity index is 2.03. The lowest BCUT2D eigenvalue weighted by Gasteiger charge is -2.19. The quantitative estimate of drug-likeness (QED) is 0.672. The first-order valence-electron chi connectivity index (χ1n) is 6.13. The van der Waals surface area contributed by atoms with Crippen molar-refractivity contribution in [2.75, 3.05) is 13.1 Å². The Morgan fingerprint density at radius 3 is 2.60 bits per heavy atom. The molecule has 0 heterocycles. The first-order valence-corrected chi connectivity index (χ1v) is 6.13. The second-order valence-corrected chi connectivity index (χ2v) is 4.80. The van der Waals surface area contributed by atoms with Crippen molar-refractivity contribution in [3.63, 3.8) is 0 Å². The molecule has 3 nitrogen and oxygen atoms in total. The molecule has 0 aliphatic heterocycles. The number of carbonyl (C=O) groups excluding carboxylic acids is 1. The predicted molar refractivity (Wildman–Crippen MR) is 62.7 cm³/mol. The molecule has 3 heteroatoms. The molecular formula is C12H24N2O. The third-order valence-corrected chi connectivity index (χ3v) is 3.37. The normalized spacial score (nSPS) is 19.7. The second kappa shape index (κ2) is 6.11. The molecule has 0 aromatic carbocycles. The van der Waals surface area contributed by atoms with Crippen LogP contribution in [0.4, 0.5) is 0 Å². The molecule has 0 aromatic heterocycles. The summed E-state index contributed by atoms with van der Waals surface area (Å²) in [5.41, 5.74) is 0. The average Bonchev–Trinajstić information content (AvgIpc) is 3.05. The largest absolute Gasteiger partial charge is 0.355 e. The third kappa shape index (κ3) is 5.17. The Hall–Kier alpha value is -0.570. The Labute approximate surface area is 93.0 Å². The molecule has 1 aliphatic rings. The van der Waals surface area contributed by atoms with Gasteiger partial charge in [-0.15, -0.1) is 0 Å². The van der Waals surface area contributed by atoms with E-state index in [4.69, 9.17) is 0 Å². The van der Waals surface area contributed by atoms with Gasteiger partial charge >= 0.3 is 0 Å².